The summed E-state index contributed by atoms with van der Waals surface area (Å²) in [5.74, 6) is 0. The molecule has 0 aliphatic rings. The predicted octanol–water partition coefficient (Wildman–Crippen LogP) is 2.45. The maximum absolute atomic E-state index is 10.1. The van der Waals surface area contributed by atoms with Crippen molar-refractivity contribution in [3.05, 3.63) is 45.0 Å². The number of nitrogens with two attached hydrogens (primary N) is 1. The third-order valence-corrected chi connectivity index (χ3v) is 3.86. The standard InChI is InChI=1S/C12H13N3O3S/c1-8-11(6-7-18-15(16)17)19-12(14-8)9-4-2-3-5-10(9)13/h2-5H,6-7,13H2,1H3. The Bertz CT molecular complexity index is 598. The number of hydrogen-bond acceptors (Lipinski definition) is 6. The highest BCUT2D eigenvalue weighted by molar-refractivity contribution is 7.15. The topological polar surface area (TPSA) is 91.3 Å². The highest BCUT2D eigenvalue weighted by Crippen LogP contribution is 2.31. The summed E-state index contributed by atoms with van der Waals surface area (Å²) in [6.07, 6.45) is 0.469. The van der Waals surface area contributed by atoms with Crippen LogP contribution in [0, 0.1) is 17.0 Å². The van der Waals surface area contributed by atoms with E-state index in [9.17, 15) is 10.1 Å². The summed E-state index contributed by atoms with van der Waals surface area (Å²) in [5.41, 5.74) is 8.32. The van der Waals surface area contributed by atoms with E-state index >= 15 is 0 Å². The normalized spacial score (nSPS) is 10.4. The molecule has 1 heterocycles. The van der Waals surface area contributed by atoms with Crippen molar-refractivity contribution in [2.45, 2.75) is 13.3 Å². The Morgan fingerprint density at radius 1 is 1.47 bits per heavy atom. The van der Waals surface area contributed by atoms with Crippen molar-refractivity contribution >= 4 is 17.0 Å². The van der Waals surface area contributed by atoms with Gasteiger partial charge >= 0.3 is 0 Å². The SMILES string of the molecule is Cc1nc(-c2ccccc2N)sc1CCO[N+](=O)[O-]. The third-order valence-electron chi connectivity index (χ3n) is 2.61. The third kappa shape index (κ3) is 3.19. The molecule has 0 saturated heterocycles. The molecule has 0 atom stereocenters. The number of nitrogens with zero attached hydrogens (tertiary/aromatic N) is 2. The monoisotopic (exact) mass is 279 g/mol. The molecule has 0 aliphatic carbocycles. The molecule has 1 aromatic heterocycles. The first-order valence-corrected chi connectivity index (χ1v) is 6.48. The quantitative estimate of drug-likeness (QED) is 0.515. The van der Waals surface area contributed by atoms with Crippen molar-refractivity contribution in [3.8, 4) is 10.6 Å². The maximum Gasteiger partial charge on any atom is 0.294 e. The van der Waals surface area contributed by atoms with Crippen LogP contribution in [-0.2, 0) is 11.3 Å². The maximum atomic E-state index is 10.1. The second-order valence-electron chi connectivity index (χ2n) is 3.92. The van der Waals surface area contributed by atoms with Crippen LogP contribution in [0.1, 0.15) is 10.6 Å². The average Bonchev–Trinajstić information content (AvgIpc) is 2.71. The van der Waals surface area contributed by atoms with E-state index in [0.29, 0.717) is 12.1 Å². The molecule has 2 aromatic rings. The lowest BCUT2D eigenvalue weighted by Gasteiger charge is -2.00. The molecular weight excluding hydrogens is 266 g/mol. The summed E-state index contributed by atoms with van der Waals surface area (Å²) >= 11 is 1.48. The Labute approximate surface area is 114 Å². The van der Waals surface area contributed by atoms with Gasteiger partial charge < -0.3 is 10.6 Å². The molecule has 2 N–H and O–H groups in total. The summed E-state index contributed by atoms with van der Waals surface area (Å²) < 4.78 is 0. The highest BCUT2D eigenvalue weighted by Gasteiger charge is 2.11. The van der Waals surface area contributed by atoms with Gasteiger partial charge in [0, 0.05) is 22.5 Å². The molecular formula is C12H13N3O3S. The molecule has 7 heteroatoms. The van der Waals surface area contributed by atoms with E-state index in [1.165, 1.54) is 11.3 Å². The first-order valence-electron chi connectivity index (χ1n) is 5.66. The van der Waals surface area contributed by atoms with Crippen LogP contribution in [0.15, 0.2) is 24.3 Å². The predicted molar refractivity (Wildman–Crippen MR) is 73.3 cm³/mol. The van der Waals surface area contributed by atoms with Gasteiger partial charge in [0.15, 0.2) is 0 Å². The van der Waals surface area contributed by atoms with E-state index in [1.54, 1.807) is 0 Å². The number of benzene rings is 1. The summed E-state index contributed by atoms with van der Waals surface area (Å²) in [7, 11) is 0. The molecule has 0 amide bonds. The molecule has 0 unspecified atom stereocenters. The molecule has 1 aromatic carbocycles. The molecule has 0 bridgehead atoms. The van der Waals surface area contributed by atoms with E-state index in [-0.39, 0.29) is 6.61 Å². The van der Waals surface area contributed by atoms with Crippen molar-refractivity contribution in [1.29, 1.82) is 0 Å². The molecule has 0 spiro atoms. The van der Waals surface area contributed by atoms with E-state index < -0.39 is 5.09 Å². The van der Waals surface area contributed by atoms with Crippen molar-refractivity contribution in [1.82, 2.24) is 4.98 Å². The average molecular weight is 279 g/mol. The van der Waals surface area contributed by atoms with E-state index in [2.05, 4.69) is 9.82 Å². The first-order chi connectivity index (χ1) is 9.08. The molecule has 0 fully saturated rings. The van der Waals surface area contributed by atoms with E-state index in [0.717, 1.165) is 21.1 Å². The molecule has 2 rings (SSSR count). The minimum absolute atomic E-state index is 0.0414. The molecule has 0 saturated carbocycles. The Hall–Kier alpha value is -2.15. The molecule has 19 heavy (non-hydrogen) atoms. The summed E-state index contributed by atoms with van der Waals surface area (Å²) in [5, 5.41) is 10.1. The second-order valence-corrected chi connectivity index (χ2v) is 5.01. The van der Waals surface area contributed by atoms with Gasteiger partial charge in [-0.1, -0.05) is 12.1 Å². The molecule has 6 nitrogen and oxygen atoms in total. The van der Waals surface area contributed by atoms with Crippen molar-refractivity contribution in [3.63, 3.8) is 0 Å². The van der Waals surface area contributed by atoms with Crippen LogP contribution >= 0.6 is 11.3 Å². The minimum atomic E-state index is -0.785. The zero-order valence-electron chi connectivity index (χ0n) is 10.3. The number of anilines is 1. The van der Waals surface area contributed by atoms with Crippen LogP contribution in [0.4, 0.5) is 5.69 Å². The lowest BCUT2D eigenvalue weighted by Crippen LogP contribution is -2.04. The van der Waals surface area contributed by atoms with Gasteiger partial charge in [0.2, 0.25) is 0 Å². The van der Waals surface area contributed by atoms with Crippen LogP contribution in [0.25, 0.3) is 10.6 Å². The van der Waals surface area contributed by atoms with Crippen molar-refractivity contribution < 1.29 is 9.92 Å². The number of hydrogen-bond donors (Lipinski definition) is 1. The van der Waals surface area contributed by atoms with Gasteiger partial charge in [-0.15, -0.1) is 21.5 Å². The largest absolute Gasteiger partial charge is 0.398 e. The van der Waals surface area contributed by atoms with Crippen LogP contribution in [0.3, 0.4) is 0 Å². The van der Waals surface area contributed by atoms with Crippen LogP contribution < -0.4 is 5.73 Å². The fraction of sp³-hybridized carbons (Fsp3) is 0.250. The Morgan fingerprint density at radius 2 is 2.21 bits per heavy atom. The summed E-state index contributed by atoms with van der Waals surface area (Å²) in [6.45, 7) is 1.92. The van der Waals surface area contributed by atoms with E-state index in [4.69, 9.17) is 5.73 Å². The second kappa shape index (κ2) is 5.66. The number of rotatable bonds is 5. The zero-order chi connectivity index (χ0) is 13.8. The van der Waals surface area contributed by atoms with E-state index in [1.807, 2.05) is 31.2 Å². The van der Waals surface area contributed by atoms with Crippen molar-refractivity contribution in [2.75, 3.05) is 12.3 Å². The van der Waals surface area contributed by atoms with Gasteiger partial charge in [-0.25, -0.2) is 4.98 Å². The lowest BCUT2D eigenvalue weighted by atomic mass is 10.2. The number of aromatic nitrogens is 1. The smallest absolute Gasteiger partial charge is 0.294 e. The first kappa shape index (κ1) is 13.3. The molecule has 0 radical (unpaired) electrons. The van der Waals surface area contributed by atoms with Gasteiger partial charge in [0.05, 0.1) is 5.69 Å². The lowest BCUT2D eigenvalue weighted by molar-refractivity contribution is -0.757. The number of para-hydroxylation sites is 1. The fourth-order valence-electron chi connectivity index (χ4n) is 1.68. The Kier molecular flexibility index (Phi) is 3.96. The summed E-state index contributed by atoms with van der Waals surface area (Å²) in [6, 6.07) is 7.50. The van der Waals surface area contributed by atoms with Crippen LogP contribution in [0.5, 0.6) is 0 Å². The summed E-state index contributed by atoms with van der Waals surface area (Å²) in [4.78, 5) is 19.8. The Balaban J connectivity index is 2.17. The van der Waals surface area contributed by atoms with Crippen LogP contribution in [0.2, 0.25) is 0 Å². The minimum Gasteiger partial charge on any atom is -0.398 e. The van der Waals surface area contributed by atoms with Gasteiger partial charge in [0.1, 0.15) is 11.6 Å². The number of thiazole rings is 1. The number of nitrogen functional groups attached to an aromatic ring is 1. The van der Waals surface area contributed by atoms with Crippen molar-refractivity contribution in [2.24, 2.45) is 0 Å². The zero-order valence-corrected chi connectivity index (χ0v) is 11.1. The Morgan fingerprint density at radius 3 is 2.89 bits per heavy atom. The molecule has 0 aliphatic heterocycles. The van der Waals surface area contributed by atoms with Gasteiger partial charge in [-0.05, 0) is 19.1 Å². The van der Waals surface area contributed by atoms with Gasteiger partial charge in [-0.2, -0.15) is 0 Å². The highest BCUT2D eigenvalue weighted by atomic mass is 32.1. The number of aryl methyl sites for hydroxylation is 1. The fourth-order valence-corrected chi connectivity index (χ4v) is 2.77. The molecule has 100 valence electrons. The van der Waals surface area contributed by atoms with Crippen LogP contribution in [-0.4, -0.2) is 16.7 Å². The van der Waals surface area contributed by atoms with Gasteiger partial charge in [0.25, 0.3) is 5.09 Å². The van der Waals surface area contributed by atoms with Gasteiger partial charge in [-0.3, -0.25) is 0 Å².